The molecule has 1 aliphatic heterocycles. The summed E-state index contributed by atoms with van der Waals surface area (Å²) < 4.78 is 43.4. The first-order chi connectivity index (χ1) is 18.3. The van der Waals surface area contributed by atoms with E-state index in [4.69, 9.17) is 0 Å². The van der Waals surface area contributed by atoms with Gasteiger partial charge in [0.25, 0.3) is 15.9 Å². The predicted octanol–water partition coefficient (Wildman–Crippen LogP) is 4.74. The molecule has 0 radical (unpaired) electrons. The highest BCUT2D eigenvalue weighted by Gasteiger charge is 2.25. The number of nitrogens with zero attached hydrogens (tertiary/aromatic N) is 3. The molecular formula is C29H29FN4O3S. The number of benzene rings is 3. The monoisotopic (exact) mass is 532 g/mol. The van der Waals surface area contributed by atoms with Crippen LogP contribution in [-0.2, 0) is 10.0 Å². The quantitative estimate of drug-likeness (QED) is 0.372. The van der Waals surface area contributed by atoms with Crippen molar-refractivity contribution in [2.75, 3.05) is 37.4 Å². The zero-order valence-electron chi connectivity index (χ0n) is 21.0. The fourth-order valence-corrected chi connectivity index (χ4v) is 6.06. The molecule has 3 aromatic carbocycles. The third kappa shape index (κ3) is 5.54. The Hall–Kier alpha value is -3.82. The zero-order chi connectivity index (χ0) is 26.7. The normalized spacial score (nSPS) is 15.4. The van der Waals surface area contributed by atoms with Crippen LogP contribution in [0.25, 0.3) is 10.9 Å². The second-order valence-electron chi connectivity index (χ2n) is 9.54. The van der Waals surface area contributed by atoms with Gasteiger partial charge in [0.15, 0.2) is 0 Å². The maximum atomic E-state index is 15.0. The van der Waals surface area contributed by atoms with Crippen LogP contribution < -0.4 is 4.72 Å². The highest BCUT2D eigenvalue weighted by atomic mass is 32.2. The second-order valence-corrected chi connectivity index (χ2v) is 11.2. The predicted molar refractivity (Wildman–Crippen MR) is 146 cm³/mol. The van der Waals surface area contributed by atoms with E-state index in [0.29, 0.717) is 29.9 Å². The van der Waals surface area contributed by atoms with E-state index in [9.17, 15) is 17.6 Å². The number of fused-ring (bicyclic) bond motifs is 1. The van der Waals surface area contributed by atoms with Gasteiger partial charge in [0.2, 0.25) is 0 Å². The van der Waals surface area contributed by atoms with Crippen LogP contribution in [0, 0.1) is 5.82 Å². The lowest BCUT2D eigenvalue weighted by atomic mass is 10.0. The SMILES string of the molecule is CC(CN1CCN(C(=O)c2ccc(NS(=O)(=O)c3cccc4cccnc34)c(F)c2)CC1)c1ccccc1. The van der Waals surface area contributed by atoms with Crippen molar-refractivity contribution in [2.45, 2.75) is 17.7 Å². The first-order valence-corrected chi connectivity index (χ1v) is 14.0. The average molecular weight is 533 g/mol. The number of anilines is 1. The van der Waals surface area contributed by atoms with E-state index in [0.717, 1.165) is 25.7 Å². The van der Waals surface area contributed by atoms with Crippen LogP contribution in [0.2, 0.25) is 0 Å². The van der Waals surface area contributed by atoms with Gasteiger partial charge < -0.3 is 4.90 Å². The summed E-state index contributed by atoms with van der Waals surface area (Å²) in [5, 5.41) is 0.659. The summed E-state index contributed by atoms with van der Waals surface area (Å²) in [5.74, 6) is -0.705. The largest absolute Gasteiger partial charge is 0.336 e. The van der Waals surface area contributed by atoms with Gasteiger partial charge in [0, 0.05) is 49.9 Å². The highest BCUT2D eigenvalue weighted by molar-refractivity contribution is 7.93. The summed E-state index contributed by atoms with van der Waals surface area (Å²) in [6.07, 6.45) is 1.51. The van der Waals surface area contributed by atoms with Crippen molar-refractivity contribution < 1.29 is 17.6 Å². The van der Waals surface area contributed by atoms with E-state index in [1.165, 1.54) is 30.0 Å². The Bertz CT molecular complexity index is 1550. The van der Waals surface area contributed by atoms with Gasteiger partial charge in [-0.25, -0.2) is 12.8 Å². The molecule has 0 spiro atoms. The Kier molecular flexibility index (Phi) is 7.40. The van der Waals surface area contributed by atoms with Crippen LogP contribution in [0.1, 0.15) is 28.8 Å². The molecule has 2 heterocycles. The van der Waals surface area contributed by atoms with Gasteiger partial charge in [-0.05, 0) is 41.8 Å². The minimum atomic E-state index is -4.11. The molecule has 5 rings (SSSR count). The molecule has 0 saturated carbocycles. The summed E-state index contributed by atoms with van der Waals surface area (Å²) in [5.41, 5.74) is 1.54. The number of hydrogen-bond acceptors (Lipinski definition) is 5. The molecule has 1 aliphatic rings. The second kappa shape index (κ2) is 10.9. The van der Waals surface area contributed by atoms with Crippen molar-refractivity contribution in [3.8, 4) is 0 Å². The first-order valence-electron chi connectivity index (χ1n) is 12.5. The Labute approximate surface area is 222 Å². The van der Waals surface area contributed by atoms with Crippen molar-refractivity contribution in [2.24, 2.45) is 0 Å². The number of halogens is 1. The maximum Gasteiger partial charge on any atom is 0.264 e. The Morgan fingerprint density at radius 3 is 2.45 bits per heavy atom. The number of aromatic nitrogens is 1. The smallest absolute Gasteiger partial charge is 0.264 e. The summed E-state index contributed by atoms with van der Waals surface area (Å²) in [6, 6.07) is 22.4. The summed E-state index contributed by atoms with van der Waals surface area (Å²) in [7, 11) is -4.11. The molecule has 38 heavy (non-hydrogen) atoms. The molecular weight excluding hydrogens is 503 g/mol. The number of rotatable bonds is 7. The maximum absolute atomic E-state index is 15.0. The van der Waals surface area contributed by atoms with E-state index >= 15 is 0 Å². The summed E-state index contributed by atoms with van der Waals surface area (Å²) in [6.45, 7) is 5.67. The zero-order valence-corrected chi connectivity index (χ0v) is 21.9. The van der Waals surface area contributed by atoms with E-state index < -0.39 is 15.8 Å². The van der Waals surface area contributed by atoms with Gasteiger partial charge in [-0.1, -0.05) is 55.5 Å². The molecule has 1 saturated heterocycles. The molecule has 1 unspecified atom stereocenters. The molecule has 1 atom stereocenters. The molecule has 1 fully saturated rings. The number of pyridine rings is 1. The molecule has 0 bridgehead atoms. The lowest BCUT2D eigenvalue weighted by molar-refractivity contribution is 0.0631. The molecule has 9 heteroatoms. The third-order valence-corrected chi connectivity index (χ3v) is 8.30. The Morgan fingerprint density at radius 1 is 0.974 bits per heavy atom. The van der Waals surface area contributed by atoms with Crippen molar-refractivity contribution >= 4 is 32.5 Å². The van der Waals surface area contributed by atoms with Crippen LogP contribution >= 0.6 is 0 Å². The lowest BCUT2D eigenvalue weighted by Crippen LogP contribution is -2.49. The number of sulfonamides is 1. The van der Waals surface area contributed by atoms with Gasteiger partial charge in [-0.2, -0.15) is 0 Å². The molecule has 1 amide bonds. The minimum absolute atomic E-state index is 0.0467. The van der Waals surface area contributed by atoms with Crippen molar-refractivity contribution in [1.82, 2.24) is 14.8 Å². The van der Waals surface area contributed by atoms with Crippen LogP contribution in [0.3, 0.4) is 0 Å². The van der Waals surface area contributed by atoms with Crippen molar-refractivity contribution in [3.05, 3.63) is 102 Å². The van der Waals surface area contributed by atoms with Gasteiger partial charge in [-0.3, -0.25) is 19.4 Å². The molecule has 196 valence electrons. The number of para-hydroxylation sites is 1. The van der Waals surface area contributed by atoms with Crippen LogP contribution in [0.5, 0.6) is 0 Å². The molecule has 1 aromatic heterocycles. The molecule has 0 aliphatic carbocycles. The first kappa shape index (κ1) is 25.8. The van der Waals surface area contributed by atoms with Crippen molar-refractivity contribution in [1.29, 1.82) is 0 Å². The minimum Gasteiger partial charge on any atom is -0.336 e. The number of hydrogen-bond donors (Lipinski definition) is 1. The third-order valence-electron chi connectivity index (χ3n) is 6.91. The topological polar surface area (TPSA) is 82.6 Å². The van der Waals surface area contributed by atoms with E-state index in [1.54, 1.807) is 29.2 Å². The Morgan fingerprint density at radius 2 is 1.71 bits per heavy atom. The van der Waals surface area contributed by atoms with Gasteiger partial charge >= 0.3 is 0 Å². The molecule has 1 N–H and O–H groups in total. The van der Waals surface area contributed by atoms with E-state index in [-0.39, 0.29) is 22.1 Å². The standard InChI is InChI=1S/C29H29FN4O3S/c1-21(22-7-3-2-4-8-22)20-33-15-17-34(18-16-33)29(35)24-12-13-26(25(30)19-24)32-38(36,37)27-11-5-9-23-10-6-14-31-28(23)27/h2-14,19,21,32H,15-18,20H2,1H3. The van der Waals surface area contributed by atoms with E-state index in [1.807, 2.05) is 18.2 Å². The lowest BCUT2D eigenvalue weighted by Gasteiger charge is -2.36. The van der Waals surface area contributed by atoms with E-state index in [2.05, 4.69) is 33.7 Å². The number of amides is 1. The fourth-order valence-electron chi connectivity index (χ4n) is 4.81. The van der Waals surface area contributed by atoms with Crippen LogP contribution in [0.4, 0.5) is 10.1 Å². The number of carbonyl (C=O) groups excluding carboxylic acids is 1. The average Bonchev–Trinajstić information content (AvgIpc) is 2.94. The number of nitrogens with one attached hydrogen (secondary N) is 1. The fraction of sp³-hybridized carbons (Fsp3) is 0.241. The van der Waals surface area contributed by atoms with Gasteiger partial charge in [0.1, 0.15) is 10.7 Å². The van der Waals surface area contributed by atoms with Crippen LogP contribution in [-0.4, -0.2) is 61.8 Å². The van der Waals surface area contributed by atoms with Gasteiger partial charge in [0.05, 0.1) is 11.2 Å². The highest BCUT2D eigenvalue weighted by Crippen LogP contribution is 2.25. The number of piperazine rings is 1. The van der Waals surface area contributed by atoms with Crippen molar-refractivity contribution in [3.63, 3.8) is 0 Å². The Balaban J connectivity index is 1.23. The number of carbonyl (C=O) groups is 1. The van der Waals surface area contributed by atoms with Crippen LogP contribution in [0.15, 0.2) is 90.0 Å². The molecule has 7 nitrogen and oxygen atoms in total. The van der Waals surface area contributed by atoms with Gasteiger partial charge in [-0.15, -0.1) is 0 Å². The summed E-state index contributed by atoms with van der Waals surface area (Å²) in [4.78, 5) is 21.2. The molecule has 4 aromatic rings. The summed E-state index contributed by atoms with van der Waals surface area (Å²) >= 11 is 0.